The quantitative estimate of drug-likeness (QED) is 0.933. The van der Waals surface area contributed by atoms with E-state index in [1.165, 1.54) is 12.1 Å². The number of benzene rings is 2. The van der Waals surface area contributed by atoms with Crippen LogP contribution in [0.5, 0.6) is 23.0 Å². The first kappa shape index (κ1) is 12.7. The fraction of sp³-hybridized carbons (Fsp3) is 0.200. The largest absolute Gasteiger partial charge is 0.454 e. The van der Waals surface area contributed by atoms with Gasteiger partial charge in [-0.25, -0.2) is 4.39 Å². The molecule has 0 radical (unpaired) electrons. The predicted octanol–water partition coefficient (Wildman–Crippen LogP) is 3.40. The van der Waals surface area contributed by atoms with Crippen molar-refractivity contribution in [2.24, 2.45) is 0 Å². The first-order chi connectivity index (χ1) is 9.63. The number of hydrogen-bond acceptors (Lipinski definition) is 4. The molecule has 0 saturated heterocycles. The standard InChI is InChI=1S/C15H13FO4/c1-9(17)10-2-4-13(12(16)6-10)20-11-3-5-14-15(7-11)19-8-18-14/h2-7,9,17H,8H2,1H3/t9-/m0/s1. The number of hydrogen-bond donors (Lipinski definition) is 1. The molecule has 1 atom stereocenters. The van der Waals surface area contributed by atoms with Crippen LogP contribution in [0.3, 0.4) is 0 Å². The van der Waals surface area contributed by atoms with Gasteiger partial charge in [-0.1, -0.05) is 6.07 Å². The summed E-state index contributed by atoms with van der Waals surface area (Å²) in [6, 6.07) is 9.39. The monoisotopic (exact) mass is 276 g/mol. The maximum absolute atomic E-state index is 13.9. The van der Waals surface area contributed by atoms with Gasteiger partial charge in [0, 0.05) is 6.07 Å². The molecule has 0 fully saturated rings. The lowest BCUT2D eigenvalue weighted by Crippen LogP contribution is -1.94. The third-order valence-electron chi connectivity index (χ3n) is 3.01. The van der Waals surface area contributed by atoms with Crippen molar-refractivity contribution in [2.45, 2.75) is 13.0 Å². The van der Waals surface area contributed by atoms with Crippen molar-refractivity contribution in [1.29, 1.82) is 0 Å². The Labute approximate surface area is 115 Å². The van der Waals surface area contributed by atoms with Crippen LogP contribution < -0.4 is 14.2 Å². The highest BCUT2D eigenvalue weighted by Crippen LogP contribution is 2.37. The Morgan fingerprint density at radius 3 is 2.70 bits per heavy atom. The van der Waals surface area contributed by atoms with Crippen LogP contribution in [0, 0.1) is 5.82 Å². The molecule has 1 heterocycles. The van der Waals surface area contributed by atoms with Crippen LogP contribution in [0.15, 0.2) is 36.4 Å². The van der Waals surface area contributed by atoms with E-state index >= 15 is 0 Å². The van der Waals surface area contributed by atoms with E-state index in [-0.39, 0.29) is 12.5 Å². The van der Waals surface area contributed by atoms with E-state index < -0.39 is 11.9 Å². The molecule has 4 nitrogen and oxygen atoms in total. The van der Waals surface area contributed by atoms with Gasteiger partial charge in [0.2, 0.25) is 6.79 Å². The third kappa shape index (κ3) is 2.40. The van der Waals surface area contributed by atoms with E-state index in [1.807, 2.05) is 0 Å². The van der Waals surface area contributed by atoms with Gasteiger partial charge in [0.15, 0.2) is 23.1 Å². The third-order valence-corrected chi connectivity index (χ3v) is 3.01. The van der Waals surface area contributed by atoms with Crippen molar-refractivity contribution >= 4 is 0 Å². The van der Waals surface area contributed by atoms with Crippen LogP contribution in [-0.2, 0) is 0 Å². The Bertz CT molecular complexity index is 640. The summed E-state index contributed by atoms with van der Waals surface area (Å²) < 4.78 is 29.8. The molecule has 0 aliphatic carbocycles. The van der Waals surface area contributed by atoms with E-state index in [0.29, 0.717) is 22.8 Å². The Kier molecular flexibility index (Phi) is 3.20. The second-order valence-electron chi connectivity index (χ2n) is 4.48. The molecular formula is C15H13FO4. The lowest BCUT2D eigenvalue weighted by Gasteiger charge is -2.10. The second-order valence-corrected chi connectivity index (χ2v) is 4.48. The summed E-state index contributed by atoms with van der Waals surface area (Å²) >= 11 is 0. The lowest BCUT2D eigenvalue weighted by molar-refractivity contribution is 0.174. The molecule has 1 aliphatic rings. The number of fused-ring (bicyclic) bond motifs is 1. The van der Waals surface area contributed by atoms with Crippen molar-refractivity contribution in [3.63, 3.8) is 0 Å². The highest BCUT2D eigenvalue weighted by Gasteiger charge is 2.15. The van der Waals surface area contributed by atoms with Crippen LogP contribution in [0.2, 0.25) is 0 Å². The number of ether oxygens (including phenoxy) is 3. The Morgan fingerprint density at radius 1 is 1.15 bits per heavy atom. The lowest BCUT2D eigenvalue weighted by atomic mass is 10.1. The highest BCUT2D eigenvalue weighted by molar-refractivity contribution is 5.48. The molecule has 1 N–H and O–H groups in total. The second kappa shape index (κ2) is 5.02. The fourth-order valence-corrected chi connectivity index (χ4v) is 1.93. The molecule has 104 valence electrons. The van der Waals surface area contributed by atoms with Gasteiger partial charge in [0.05, 0.1) is 6.10 Å². The summed E-state index contributed by atoms with van der Waals surface area (Å²) in [5.74, 6) is 1.23. The van der Waals surface area contributed by atoms with Gasteiger partial charge in [-0.15, -0.1) is 0 Å². The number of halogens is 1. The smallest absolute Gasteiger partial charge is 0.231 e. The van der Waals surface area contributed by atoms with Crippen LogP contribution in [0.25, 0.3) is 0 Å². The van der Waals surface area contributed by atoms with Gasteiger partial charge in [-0.3, -0.25) is 0 Å². The van der Waals surface area contributed by atoms with Crippen molar-refractivity contribution in [1.82, 2.24) is 0 Å². The normalized spacial score (nSPS) is 14.2. The zero-order valence-electron chi connectivity index (χ0n) is 10.8. The molecule has 3 rings (SSSR count). The van der Waals surface area contributed by atoms with Crippen molar-refractivity contribution in [2.75, 3.05) is 6.79 Å². The number of aliphatic hydroxyl groups excluding tert-OH is 1. The first-order valence-electron chi connectivity index (χ1n) is 6.18. The summed E-state index contributed by atoms with van der Waals surface area (Å²) in [7, 11) is 0. The topological polar surface area (TPSA) is 47.9 Å². The van der Waals surface area contributed by atoms with Gasteiger partial charge < -0.3 is 19.3 Å². The van der Waals surface area contributed by atoms with Crippen LogP contribution in [0.1, 0.15) is 18.6 Å². The van der Waals surface area contributed by atoms with Gasteiger partial charge in [0.1, 0.15) is 5.75 Å². The predicted molar refractivity (Wildman–Crippen MR) is 69.7 cm³/mol. The molecule has 2 aromatic rings. The van der Waals surface area contributed by atoms with Gasteiger partial charge in [0.25, 0.3) is 0 Å². The summed E-state index contributed by atoms with van der Waals surface area (Å²) in [5.41, 5.74) is 0.500. The number of aliphatic hydroxyl groups is 1. The zero-order chi connectivity index (χ0) is 14.1. The molecule has 0 saturated carbocycles. The first-order valence-corrected chi connectivity index (χ1v) is 6.18. The average Bonchev–Trinajstić information content (AvgIpc) is 2.88. The maximum Gasteiger partial charge on any atom is 0.231 e. The van der Waals surface area contributed by atoms with E-state index in [9.17, 15) is 9.50 Å². The summed E-state index contributed by atoms with van der Waals surface area (Å²) in [6.07, 6.45) is -0.718. The SMILES string of the molecule is C[C@H](O)c1ccc(Oc2ccc3c(c2)OCO3)c(F)c1. The summed E-state index contributed by atoms with van der Waals surface area (Å²) in [5, 5.41) is 9.40. The van der Waals surface area contributed by atoms with Crippen molar-refractivity contribution in [3.05, 3.63) is 47.8 Å². The van der Waals surface area contributed by atoms with Gasteiger partial charge >= 0.3 is 0 Å². The Hall–Kier alpha value is -2.27. The van der Waals surface area contributed by atoms with E-state index in [2.05, 4.69) is 0 Å². The van der Waals surface area contributed by atoms with Crippen molar-refractivity contribution < 1.29 is 23.7 Å². The maximum atomic E-state index is 13.9. The Morgan fingerprint density at radius 2 is 1.95 bits per heavy atom. The van der Waals surface area contributed by atoms with E-state index in [1.54, 1.807) is 31.2 Å². The molecule has 5 heteroatoms. The minimum atomic E-state index is -0.718. The summed E-state index contributed by atoms with van der Waals surface area (Å²) in [4.78, 5) is 0. The minimum absolute atomic E-state index is 0.0910. The summed E-state index contributed by atoms with van der Waals surface area (Å²) in [6.45, 7) is 1.75. The Balaban J connectivity index is 1.84. The van der Waals surface area contributed by atoms with Gasteiger partial charge in [-0.2, -0.15) is 0 Å². The molecule has 0 bridgehead atoms. The molecule has 2 aromatic carbocycles. The highest BCUT2D eigenvalue weighted by atomic mass is 19.1. The van der Waals surface area contributed by atoms with Crippen LogP contribution >= 0.6 is 0 Å². The molecule has 0 spiro atoms. The van der Waals surface area contributed by atoms with E-state index in [0.717, 1.165) is 0 Å². The van der Waals surface area contributed by atoms with Crippen LogP contribution in [0.4, 0.5) is 4.39 Å². The van der Waals surface area contributed by atoms with Gasteiger partial charge in [-0.05, 0) is 36.8 Å². The zero-order valence-corrected chi connectivity index (χ0v) is 10.8. The molecule has 1 aliphatic heterocycles. The number of rotatable bonds is 3. The fourth-order valence-electron chi connectivity index (χ4n) is 1.93. The molecule has 0 unspecified atom stereocenters. The average molecular weight is 276 g/mol. The van der Waals surface area contributed by atoms with Crippen molar-refractivity contribution in [3.8, 4) is 23.0 Å². The minimum Gasteiger partial charge on any atom is -0.454 e. The molecule has 0 amide bonds. The molecule has 20 heavy (non-hydrogen) atoms. The molecule has 0 aromatic heterocycles. The van der Waals surface area contributed by atoms with E-state index in [4.69, 9.17) is 14.2 Å². The van der Waals surface area contributed by atoms with Crippen LogP contribution in [-0.4, -0.2) is 11.9 Å². The molecular weight excluding hydrogens is 263 g/mol.